The number of rotatable bonds is 16. The Morgan fingerprint density at radius 2 is 1.46 bits per heavy atom. The Kier molecular flexibility index (Phi) is 12.2. The number of methoxy groups -OCH3 is 1. The fraction of sp³-hybridized carbons (Fsp3) is 0.278. The van der Waals surface area contributed by atoms with Crippen LogP contribution < -0.4 is 19.1 Å². The number of ether oxygens (including phenoxy) is 2. The molecule has 0 saturated heterocycles. The molecule has 46 heavy (non-hydrogen) atoms. The average molecular weight is 644 g/mol. The van der Waals surface area contributed by atoms with Gasteiger partial charge in [0.2, 0.25) is 11.8 Å². The van der Waals surface area contributed by atoms with Crippen molar-refractivity contribution in [2.75, 3.05) is 31.1 Å². The van der Waals surface area contributed by atoms with E-state index in [-0.39, 0.29) is 23.8 Å². The number of carbonyl (C=O) groups is 2. The van der Waals surface area contributed by atoms with Gasteiger partial charge in [-0.15, -0.1) is 0 Å². The average Bonchev–Trinajstić information content (AvgIpc) is 3.08. The molecule has 242 valence electrons. The van der Waals surface area contributed by atoms with Crippen molar-refractivity contribution in [3.8, 4) is 11.5 Å². The molecule has 9 nitrogen and oxygen atoms in total. The molecule has 0 bridgehead atoms. The summed E-state index contributed by atoms with van der Waals surface area (Å²) in [6.07, 6.45) is 0.957. The van der Waals surface area contributed by atoms with E-state index < -0.39 is 28.5 Å². The van der Waals surface area contributed by atoms with Crippen molar-refractivity contribution < 1.29 is 27.5 Å². The topological polar surface area (TPSA) is 105 Å². The fourth-order valence-corrected chi connectivity index (χ4v) is 6.43. The number of amides is 2. The third-order valence-electron chi connectivity index (χ3n) is 7.35. The number of nitrogens with one attached hydrogen (secondary N) is 1. The van der Waals surface area contributed by atoms with Gasteiger partial charge in [0.15, 0.2) is 0 Å². The van der Waals surface area contributed by atoms with E-state index in [9.17, 15) is 18.0 Å². The zero-order chi connectivity index (χ0) is 32.9. The first kappa shape index (κ1) is 34.1. The molecule has 10 heteroatoms. The maximum Gasteiger partial charge on any atom is 0.264 e. The first-order chi connectivity index (χ1) is 22.3. The van der Waals surface area contributed by atoms with E-state index in [1.54, 1.807) is 61.7 Å². The minimum atomic E-state index is -4.21. The molecule has 0 aliphatic heterocycles. The molecule has 0 aliphatic rings. The summed E-state index contributed by atoms with van der Waals surface area (Å²) in [4.78, 5) is 29.7. The molecule has 4 rings (SSSR count). The number of sulfonamides is 1. The summed E-state index contributed by atoms with van der Waals surface area (Å²) in [5.41, 5.74) is 1.92. The molecule has 0 heterocycles. The van der Waals surface area contributed by atoms with Crippen molar-refractivity contribution in [1.29, 1.82) is 0 Å². The quantitative estimate of drug-likeness (QED) is 0.174. The van der Waals surface area contributed by atoms with Crippen LogP contribution in [0.3, 0.4) is 0 Å². The van der Waals surface area contributed by atoms with E-state index in [0.29, 0.717) is 30.3 Å². The predicted octanol–water partition coefficient (Wildman–Crippen LogP) is 5.46. The first-order valence-electron chi connectivity index (χ1n) is 15.3. The number of carbonyl (C=O) groups excluding carboxylic acids is 2. The van der Waals surface area contributed by atoms with E-state index in [1.807, 2.05) is 56.3 Å². The van der Waals surface area contributed by atoms with E-state index >= 15 is 0 Å². The Hall–Kier alpha value is -4.83. The van der Waals surface area contributed by atoms with E-state index in [0.717, 1.165) is 21.9 Å². The van der Waals surface area contributed by atoms with Gasteiger partial charge in [0.1, 0.15) is 24.1 Å². The van der Waals surface area contributed by atoms with Crippen LogP contribution in [0.2, 0.25) is 0 Å². The fourth-order valence-electron chi connectivity index (χ4n) is 5.01. The normalized spacial score (nSPS) is 11.7. The molecule has 1 atom stereocenters. The third-order valence-corrected chi connectivity index (χ3v) is 9.14. The van der Waals surface area contributed by atoms with Crippen molar-refractivity contribution in [2.24, 2.45) is 0 Å². The summed E-state index contributed by atoms with van der Waals surface area (Å²) >= 11 is 0. The second kappa shape index (κ2) is 16.5. The zero-order valence-electron chi connectivity index (χ0n) is 26.5. The van der Waals surface area contributed by atoms with Crippen LogP contribution in [0.1, 0.15) is 31.4 Å². The molecule has 4 aromatic carbocycles. The van der Waals surface area contributed by atoms with Crippen molar-refractivity contribution >= 4 is 27.5 Å². The summed E-state index contributed by atoms with van der Waals surface area (Å²) in [7, 11) is -2.65. The highest BCUT2D eigenvalue weighted by Gasteiger charge is 2.34. The maximum atomic E-state index is 14.5. The zero-order valence-corrected chi connectivity index (χ0v) is 27.3. The first-order valence-corrected chi connectivity index (χ1v) is 16.8. The summed E-state index contributed by atoms with van der Waals surface area (Å²) in [5.74, 6) is 0.287. The molecular formula is C36H41N3O6S. The van der Waals surface area contributed by atoms with Gasteiger partial charge in [0, 0.05) is 19.5 Å². The number of hydrogen-bond acceptors (Lipinski definition) is 6. The van der Waals surface area contributed by atoms with E-state index in [2.05, 4.69) is 5.32 Å². The molecule has 1 N–H and O–H groups in total. The number of benzene rings is 4. The van der Waals surface area contributed by atoms with Crippen LogP contribution in [0.25, 0.3) is 0 Å². The highest BCUT2D eigenvalue weighted by Crippen LogP contribution is 2.26. The Morgan fingerprint density at radius 1 is 0.804 bits per heavy atom. The second-order valence-electron chi connectivity index (χ2n) is 10.6. The van der Waals surface area contributed by atoms with Crippen LogP contribution in [0.4, 0.5) is 5.69 Å². The van der Waals surface area contributed by atoms with Gasteiger partial charge in [-0.2, -0.15) is 0 Å². The van der Waals surface area contributed by atoms with Gasteiger partial charge in [-0.3, -0.25) is 13.9 Å². The molecule has 0 fully saturated rings. The highest BCUT2D eigenvalue weighted by molar-refractivity contribution is 7.92. The summed E-state index contributed by atoms with van der Waals surface area (Å²) < 4.78 is 40.3. The van der Waals surface area contributed by atoms with E-state index in [4.69, 9.17) is 9.47 Å². The lowest BCUT2D eigenvalue weighted by Crippen LogP contribution is -2.53. The molecular weight excluding hydrogens is 602 g/mol. The molecule has 0 aromatic heterocycles. The van der Waals surface area contributed by atoms with Gasteiger partial charge < -0.3 is 19.7 Å². The Balaban J connectivity index is 1.77. The summed E-state index contributed by atoms with van der Waals surface area (Å²) in [6.45, 7) is 4.20. The Morgan fingerprint density at radius 3 is 2.09 bits per heavy atom. The standard InChI is InChI=1S/C36H41N3O6S/c1-4-23-37-36(41)34(25-28-13-8-6-9-14-28)38(26-29-15-12-18-32(24-29)44-3)35(40)27-39(30-16-10-7-11-17-30)46(42,43)33-21-19-31(20-22-33)45-5-2/h6-22,24,34H,4-5,23,25-27H2,1-3H3,(H,37,41)/t34-/m0/s1. The number of nitrogens with zero attached hydrogens (tertiary/aromatic N) is 2. The monoisotopic (exact) mass is 643 g/mol. The van der Waals surface area contributed by atoms with Crippen LogP contribution >= 0.6 is 0 Å². The molecule has 4 aromatic rings. The molecule has 0 spiro atoms. The van der Waals surface area contributed by atoms with Gasteiger partial charge in [-0.25, -0.2) is 8.42 Å². The SMILES string of the molecule is CCCNC(=O)[C@H](Cc1ccccc1)N(Cc1cccc(OC)c1)C(=O)CN(c1ccccc1)S(=O)(=O)c1ccc(OCC)cc1. The minimum absolute atomic E-state index is 0.00785. The van der Waals surface area contributed by atoms with Crippen molar-refractivity contribution in [1.82, 2.24) is 10.2 Å². The van der Waals surface area contributed by atoms with E-state index in [1.165, 1.54) is 17.0 Å². The highest BCUT2D eigenvalue weighted by atomic mass is 32.2. The maximum absolute atomic E-state index is 14.5. The van der Waals surface area contributed by atoms with Crippen LogP contribution in [0.15, 0.2) is 114 Å². The van der Waals surface area contributed by atoms with Gasteiger partial charge in [-0.05, 0) is 73.0 Å². The molecule has 0 unspecified atom stereocenters. The van der Waals surface area contributed by atoms with Gasteiger partial charge in [0.25, 0.3) is 10.0 Å². The molecule has 0 aliphatic carbocycles. The van der Waals surface area contributed by atoms with Crippen LogP contribution in [0.5, 0.6) is 11.5 Å². The van der Waals surface area contributed by atoms with Crippen molar-refractivity contribution in [3.63, 3.8) is 0 Å². The largest absolute Gasteiger partial charge is 0.497 e. The lowest BCUT2D eigenvalue weighted by molar-refractivity contribution is -0.140. The van der Waals surface area contributed by atoms with Crippen molar-refractivity contribution in [3.05, 3.63) is 120 Å². The number of anilines is 1. The predicted molar refractivity (Wildman–Crippen MR) is 179 cm³/mol. The molecule has 0 saturated carbocycles. The van der Waals surface area contributed by atoms with Gasteiger partial charge >= 0.3 is 0 Å². The smallest absolute Gasteiger partial charge is 0.264 e. The molecule has 0 radical (unpaired) electrons. The van der Waals surface area contributed by atoms with Crippen molar-refractivity contribution in [2.45, 2.75) is 44.2 Å². The lowest BCUT2D eigenvalue weighted by atomic mass is 10.0. The Bertz CT molecular complexity index is 1670. The summed E-state index contributed by atoms with van der Waals surface area (Å²) in [6, 6.07) is 30.4. The van der Waals surface area contributed by atoms with Gasteiger partial charge in [-0.1, -0.05) is 67.6 Å². The second-order valence-corrected chi connectivity index (χ2v) is 12.5. The summed E-state index contributed by atoms with van der Waals surface area (Å²) in [5, 5.41) is 2.95. The number of para-hydroxylation sites is 1. The lowest BCUT2D eigenvalue weighted by Gasteiger charge is -2.34. The minimum Gasteiger partial charge on any atom is -0.497 e. The molecule has 2 amide bonds. The Labute approximate surface area is 271 Å². The van der Waals surface area contributed by atoms with Crippen LogP contribution in [0, 0.1) is 0 Å². The number of hydrogen-bond donors (Lipinski definition) is 1. The third kappa shape index (κ3) is 8.88. The van der Waals surface area contributed by atoms with Crippen LogP contribution in [-0.4, -0.2) is 58.0 Å². The van der Waals surface area contributed by atoms with Gasteiger partial charge in [0.05, 0.1) is 24.3 Å². The van der Waals surface area contributed by atoms with Crippen LogP contribution in [-0.2, 0) is 32.6 Å².